The molecule has 0 aliphatic heterocycles. The van der Waals surface area contributed by atoms with Gasteiger partial charge in [0.2, 0.25) is 0 Å². The molecule has 17 heavy (non-hydrogen) atoms. The molecule has 2 aromatic carbocycles. The molecule has 0 amide bonds. The van der Waals surface area contributed by atoms with Gasteiger partial charge < -0.3 is 0 Å². The quantitative estimate of drug-likeness (QED) is 0.554. The van der Waals surface area contributed by atoms with Gasteiger partial charge in [-0.1, -0.05) is 76.6 Å². The Kier molecular flexibility index (Phi) is 4.16. The molecule has 0 N–H and O–H groups in total. The molecule has 0 spiro atoms. The van der Waals surface area contributed by atoms with E-state index in [1.165, 1.54) is 16.7 Å². The lowest BCUT2D eigenvalue weighted by Gasteiger charge is -2.14. The molecule has 1 atom stereocenters. The minimum Gasteiger partial charge on any atom is -0.103 e. The predicted octanol–water partition coefficient (Wildman–Crippen LogP) is 4.90. The largest absolute Gasteiger partial charge is 0.103 e. The van der Waals surface area contributed by atoms with Crippen LogP contribution in [-0.2, 0) is 6.42 Å². The average Bonchev–Trinajstić information content (AvgIpc) is 2.40. The number of allylic oxidation sites excluding steroid dienone is 1. The average molecular weight is 287 g/mol. The van der Waals surface area contributed by atoms with Gasteiger partial charge in [-0.3, -0.25) is 0 Å². The summed E-state index contributed by atoms with van der Waals surface area (Å²) in [6.07, 6.45) is 2.86. The zero-order valence-corrected chi connectivity index (χ0v) is 11.2. The van der Waals surface area contributed by atoms with Gasteiger partial charge in [-0.2, -0.15) is 0 Å². The second-order valence-electron chi connectivity index (χ2n) is 3.96. The molecule has 86 valence electrons. The third kappa shape index (κ3) is 2.86. The first-order valence-electron chi connectivity index (χ1n) is 5.70. The highest BCUT2D eigenvalue weighted by Crippen LogP contribution is 2.32. The fraction of sp³-hybridized carbons (Fsp3) is 0.125. The number of hydrogen-bond donors (Lipinski definition) is 0. The van der Waals surface area contributed by atoms with Crippen molar-refractivity contribution < 1.29 is 0 Å². The molecule has 2 rings (SSSR count). The molecule has 0 radical (unpaired) electrons. The summed E-state index contributed by atoms with van der Waals surface area (Å²) in [5.41, 5.74) is 3.93. The second-order valence-corrected chi connectivity index (χ2v) is 4.88. The van der Waals surface area contributed by atoms with Gasteiger partial charge in [0.05, 0.1) is 4.83 Å². The van der Waals surface area contributed by atoms with Crippen LogP contribution in [0.25, 0.3) is 0 Å². The van der Waals surface area contributed by atoms with Gasteiger partial charge in [0.15, 0.2) is 0 Å². The van der Waals surface area contributed by atoms with Crippen molar-refractivity contribution in [2.24, 2.45) is 0 Å². The lowest BCUT2D eigenvalue weighted by molar-refractivity contribution is 1.11. The molecule has 0 aliphatic rings. The molecule has 2 aromatic rings. The normalized spacial score (nSPS) is 12.1. The first-order valence-corrected chi connectivity index (χ1v) is 6.62. The van der Waals surface area contributed by atoms with Crippen molar-refractivity contribution in [3.8, 4) is 0 Å². The fourth-order valence-corrected chi connectivity index (χ4v) is 2.68. The second kappa shape index (κ2) is 5.83. The number of alkyl halides is 1. The molecule has 0 heterocycles. The molecule has 0 aliphatic carbocycles. The maximum Gasteiger partial charge on any atom is 0.0647 e. The molecule has 1 unspecified atom stereocenters. The van der Waals surface area contributed by atoms with Crippen molar-refractivity contribution in [1.29, 1.82) is 0 Å². The molecule has 0 bridgehead atoms. The summed E-state index contributed by atoms with van der Waals surface area (Å²) >= 11 is 3.78. The monoisotopic (exact) mass is 286 g/mol. The maximum absolute atomic E-state index is 3.81. The smallest absolute Gasteiger partial charge is 0.0647 e. The Morgan fingerprint density at radius 2 is 1.65 bits per heavy atom. The first kappa shape index (κ1) is 12.1. The van der Waals surface area contributed by atoms with Crippen LogP contribution in [0, 0.1) is 0 Å². The van der Waals surface area contributed by atoms with E-state index in [0.29, 0.717) is 0 Å². The highest BCUT2D eigenvalue weighted by Gasteiger charge is 2.12. The van der Waals surface area contributed by atoms with Crippen molar-refractivity contribution in [2.45, 2.75) is 11.2 Å². The highest BCUT2D eigenvalue weighted by molar-refractivity contribution is 9.09. The lowest BCUT2D eigenvalue weighted by Crippen LogP contribution is -1.97. The minimum absolute atomic E-state index is 0.250. The summed E-state index contributed by atoms with van der Waals surface area (Å²) in [6.45, 7) is 3.81. The van der Waals surface area contributed by atoms with Gasteiger partial charge in [-0.15, -0.1) is 6.58 Å². The number of benzene rings is 2. The molecule has 0 saturated carbocycles. The summed E-state index contributed by atoms with van der Waals surface area (Å²) in [6, 6.07) is 19.0. The topological polar surface area (TPSA) is 0 Å². The van der Waals surface area contributed by atoms with Gasteiger partial charge in [-0.05, 0) is 23.1 Å². The molecule has 0 saturated heterocycles. The van der Waals surface area contributed by atoms with Gasteiger partial charge >= 0.3 is 0 Å². The van der Waals surface area contributed by atoms with Crippen molar-refractivity contribution in [2.75, 3.05) is 0 Å². The third-order valence-electron chi connectivity index (χ3n) is 2.78. The van der Waals surface area contributed by atoms with Gasteiger partial charge in [-0.25, -0.2) is 0 Å². The Morgan fingerprint density at radius 3 is 2.35 bits per heavy atom. The SMILES string of the molecule is C=CCc1ccccc1C(Br)c1ccccc1. The van der Waals surface area contributed by atoms with Crippen LogP contribution in [0.15, 0.2) is 67.3 Å². The summed E-state index contributed by atoms with van der Waals surface area (Å²) in [5, 5.41) is 0. The lowest BCUT2D eigenvalue weighted by atomic mass is 9.98. The number of halogens is 1. The Labute approximate surface area is 111 Å². The third-order valence-corrected chi connectivity index (χ3v) is 3.81. The zero-order valence-electron chi connectivity index (χ0n) is 9.64. The van der Waals surface area contributed by atoms with E-state index in [9.17, 15) is 0 Å². The molecule has 0 aromatic heterocycles. The van der Waals surface area contributed by atoms with E-state index in [2.05, 4.69) is 71.0 Å². The van der Waals surface area contributed by atoms with E-state index in [4.69, 9.17) is 0 Å². The van der Waals surface area contributed by atoms with Crippen LogP contribution >= 0.6 is 15.9 Å². The van der Waals surface area contributed by atoms with Gasteiger partial charge in [0, 0.05) is 0 Å². The van der Waals surface area contributed by atoms with Crippen LogP contribution in [0.4, 0.5) is 0 Å². The Hall–Kier alpha value is -1.34. The summed E-state index contributed by atoms with van der Waals surface area (Å²) < 4.78 is 0. The molecule has 1 heteroatoms. The molecule has 0 fully saturated rings. The van der Waals surface area contributed by atoms with Crippen LogP contribution in [-0.4, -0.2) is 0 Å². The van der Waals surface area contributed by atoms with E-state index in [1.807, 2.05) is 12.1 Å². The van der Waals surface area contributed by atoms with Gasteiger partial charge in [0.1, 0.15) is 0 Å². The standard InChI is InChI=1S/C16H15Br/c1-2-8-13-9-6-7-12-15(13)16(17)14-10-4-3-5-11-14/h2-7,9-12,16H,1,8H2. The highest BCUT2D eigenvalue weighted by atomic mass is 79.9. The van der Waals surface area contributed by atoms with Crippen LogP contribution in [0.3, 0.4) is 0 Å². The van der Waals surface area contributed by atoms with Crippen molar-refractivity contribution in [3.05, 3.63) is 83.9 Å². The van der Waals surface area contributed by atoms with E-state index in [1.54, 1.807) is 0 Å². The van der Waals surface area contributed by atoms with Gasteiger partial charge in [0.25, 0.3) is 0 Å². The zero-order chi connectivity index (χ0) is 12.1. The maximum atomic E-state index is 3.81. The Bertz CT molecular complexity index is 488. The van der Waals surface area contributed by atoms with Crippen molar-refractivity contribution >= 4 is 15.9 Å². The fourth-order valence-electron chi connectivity index (χ4n) is 1.92. The van der Waals surface area contributed by atoms with Crippen LogP contribution < -0.4 is 0 Å². The van der Waals surface area contributed by atoms with E-state index in [-0.39, 0.29) is 4.83 Å². The van der Waals surface area contributed by atoms with Crippen LogP contribution in [0.5, 0.6) is 0 Å². The van der Waals surface area contributed by atoms with E-state index in [0.717, 1.165) is 6.42 Å². The minimum atomic E-state index is 0.250. The van der Waals surface area contributed by atoms with Crippen molar-refractivity contribution in [3.63, 3.8) is 0 Å². The first-order chi connectivity index (χ1) is 8.33. The van der Waals surface area contributed by atoms with E-state index >= 15 is 0 Å². The van der Waals surface area contributed by atoms with Crippen molar-refractivity contribution in [1.82, 2.24) is 0 Å². The summed E-state index contributed by atoms with van der Waals surface area (Å²) in [4.78, 5) is 0.250. The number of hydrogen-bond acceptors (Lipinski definition) is 0. The molecular weight excluding hydrogens is 272 g/mol. The number of rotatable bonds is 4. The Morgan fingerprint density at radius 1 is 1.00 bits per heavy atom. The predicted molar refractivity (Wildman–Crippen MR) is 77.6 cm³/mol. The summed E-state index contributed by atoms with van der Waals surface area (Å²) in [5.74, 6) is 0. The summed E-state index contributed by atoms with van der Waals surface area (Å²) in [7, 11) is 0. The van der Waals surface area contributed by atoms with Crippen LogP contribution in [0.2, 0.25) is 0 Å². The molecular formula is C16H15Br. The van der Waals surface area contributed by atoms with E-state index < -0.39 is 0 Å². The Balaban J connectivity index is 2.37. The van der Waals surface area contributed by atoms with Crippen LogP contribution in [0.1, 0.15) is 21.5 Å². The molecule has 0 nitrogen and oxygen atoms in total.